The number of aliphatic hydroxyl groups excluding tert-OH is 2. The molecule has 2 heterocycles. The minimum atomic E-state index is -4.94. The lowest BCUT2D eigenvalue weighted by Crippen LogP contribution is -2.37. The van der Waals surface area contributed by atoms with Crippen molar-refractivity contribution in [1.82, 2.24) is 10.3 Å². The summed E-state index contributed by atoms with van der Waals surface area (Å²) in [5, 5.41) is 32.0. The summed E-state index contributed by atoms with van der Waals surface area (Å²) < 4.78 is 56.8. The zero-order chi connectivity index (χ0) is 18.9. The van der Waals surface area contributed by atoms with Crippen LogP contribution in [0.2, 0.25) is 0 Å². The van der Waals surface area contributed by atoms with E-state index < -0.39 is 24.0 Å². The van der Waals surface area contributed by atoms with Crippen LogP contribution < -0.4 is 10.2 Å². The maximum absolute atomic E-state index is 13.5. The lowest BCUT2D eigenvalue weighted by Gasteiger charge is -2.22. The molecule has 1 atom stereocenters. The molecule has 1 aliphatic heterocycles. The molecule has 1 aliphatic rings. The van der Waals surface area contributed by atoms with E-state index in [0.29, 0.717) is 12.1 Å². The van der Waals surface area contributed by atoms with E-state index in [1.165, 1.54) is 0 Å². The summed E-state index contributed by atoms with van der Waals surface area (Å²) in [6.45, 7) is -0.165. The van der Waals surface area contributed by atoms with Gasteiger partial charge in [-0.05, 0) is 28.5 Å². The normalized spacial score (nSPS) is 17.2. The fraction of sp³-hybridized carbons (Fsp3) is 0.308. The van der Waals surface area contributed by atoms with E-state index in [2.05, 4.69) is 30.3 Å². The Morgan fingerprint density at radius 1 is 1.27 bits per heavy atom. The van der Waals surface area contributed by atoms with Crippen LogP contribution in [-0.4, -0.2) is 45.9 Å². The van der Waals surface area contributed by atoms with Crippen molar-refractivity contribution < 1.29 is 37.2 Å². The number of nitrogens with one attached hydrogen (secondary N) is 1. The summed E-state index contributed by atoms with van der Waals surface area (Å²) in [5.41, 5.74) is -1.86. The Labute approximate surface area is 142 Å². The average molecular weight is 377 g/mol. The summed E-state index contributed by atoms with van der Waals surface area (Å²) in [6, 6.07) is 2.11. The van der Waals surface area contributed by atoms with E-state index in [9.17, 15) is 22.7 Å². The minimum Gasteiger partial charge on any atom is -0.395 e. The van der Waals surface area contributed by atoms with Gasteiger partial charge in [-0.1, -0.05) is 5.16 Å². The quantitative estimate of drug-likeness (QED) is 0.664. The lowest BCUT2D eigenvalue weighted by molar-refractivity contribution is -0.140. The number of alkyl halides is 3. The smallest absolute Gasteiger partial charge is 0.395 e. The van der Waals surface area contributed by atoms with Crippen LogP contribution in [-0.2, 0) is 11.0 Å². The molecule has 3 rings (SSSR count). The molecule has 3 N–H and O–H groups in total. The van der Waals surface area contributed by atoms with Gasteiger partial charge >= 0.3 is 12.6 Å². The summed E-state index contributed by atoms with van der Waals surface area (Å²) in [6.07, 6.45) is -6.72. The predicted molar refractivity (Wildman–Crippen MR) is 77.4 cm³/mol. The second-order valence-corrected chi connectivity index (χ2v) is 4.99. The van der Waals surface area contributed by atoms with Crippen molar-refractivity contribution in [1.29, 1.82) is 0 Å². The van der Waals surface area contributed by atoms with Crippen molar-refractivity contribution in [2.45, 2.75) is 12.6 Å². The molecule has 0 aliphatic carbocycles. The number of aliphatic hydroxyl groups is 2. The van der Waals surface area contributed by atoms with Gasteiger partial charge in [0.05, 0.1) is 12.2 Å². The molecule has 9 nitrogen and oxygen atoms in total. The third kappa shape index (κ3) is 3.25. The summed E-state index contributed by atoms with van der Waals surface area (Å²) in [4.78, 5) is 5.52. The summed E-state index contributed by atoms with van der Waals surface area (Å²) in [7, 11) is 0. The zero-order valence-corrected chi connectivity index (χ0v) is 12.7. The predicted octanol–water partition coefficient (Wildman–Crippen LogP) is 1.11. The largest absolute Gasteiger partial charge is 0.419 e. The molecule has 26 heavy (non-hydrogen) atoms. The highest BCUT2D eigenvalue weighted by Crippen LogP contribution is 2.35. The molecular formula is C13H11F4N5O4. The third-order valence-corrected chi connectivity index (χ3v) is 3.32. The van der Waals surface area contributed by atoms with Crippen molar-refractivity contribution in [2.24, 2.45) is 5.16 Å². The van der Waals surface area contributed by atoms with E-state index >= 15 is 0 Å². The molecule has 0 saturated carbocycles. The SMILES string of the molecule is OCCNc1nonc1C1=NOC(O)N1c1ccc(F)c(C(F)(F)F)c1. The van der Waals surface area contributed by atoms with E-state index in [4.69, 9.17) is 5.11 Å². The van der Waals surface area contributed by atoms with Gasteiger partial charge in [-0.3, -0.25) is 4.90 Å². The Bertz CT molecular complexity index is 825. The highest BCUT2D eigenvalue weighted by atomic mass is 19.4. The molecule has 0 radical (unpaired) electrons. The van der Waals surface area contributed by atoms with Crippen LogP contribution in [0.5, 0.6) is 0 Å². The third-order valence-electron chi connectivity index (χ3n) is 3.32. The Kier molecular flexibility index (Phi) is 4.65. The van der Waals surface area contributed by atoms with Gasteiger partial charge in [0.15, 0.2) is 5.69 Å². The first kappa shape index (κ1) is 17.9. The highest BCUT2D eigenvalue weighted by molar-refractivity contribution is 6.11. The van der Waals surface area contributed by atoms with Gasteiger partial charge in [-0.15, -0.1) is 0 Å². The van der Waals surface area contributed by atoms with Crippen LogP contribution in [0.1, 0.15) is 11.3 Å². The number of anilines is 2. The number of hydrogen-bond acceptors (Lipinski definition) is 9. The van der Waals surface area contributed by atoms with Gasteiger partial charge in [0, 0.05) is 12.2 Å². The molecule has 13 heteroatoms. The van der Waals surface area contributed by atoms with E-state index in [1.54, 1.807) is 0 Å². The Hall–Kier alpha value is -2.93. The summed E-state index contributed by atoms with van der Waals surface area (Å²) in [5.74, 6) is -1.68. The van der Waals surface area contributed by atoms with Crippen LogP contribution >= 0.6 is 0 Å². The number of rotatable bonds is 5. The van der Waals surface area contributed by atoms with Gasteiger partial charge in [0.2, 0.25) is 11.7 Å². The fourth-order valence-electron chi connectivity index (χ4n) is 2.21. The second-order valence-electron chi connectivity index (χ2n) is 4.99. The van der Waals surface area contributed by atoms with Crippen LogP contribution in [0.3, 0.4) is 0 Å². The number of benzene rings is 1. The number of oxime groups is 1. The molecular weight excluding hydrogens is 366 g/mol. The van der Waals surface area contributed by atoms with Gasteiger partial charge in [0.25, 0.3) is 0 Å². The Morgan fingerprint density at radius 3 is 2.73 bits per heavy atom. The average Bonchev–Trinajstić information content (AvgIpc) is 3.18. The zero-order valence-electron chi connectivity index (χ0n) is 12.7. The molecule has 0 bridgehead atoms. The summed E-state index contributed by atoms with van der Waals surface area (Å²) >= 11 is 0. The molecule has 1 unspecified atom stereocenters. The van der Waals surface area contributed by atoms with Crippen LogP contribution in [0, 0.1) is 5.82 Å². The molecule has 0 fully saturated rings. The number of hydrogen-bond donors (Lipinski definition) is 3. The number of nitrogens with zero attached hydrogens (tertiary/aromatic N) is 4. The molecule has 1 aromatic heterocycles. The standard InChI is InChI=1S/C13H11F4N5O4/c14-8-2-1-6(5-7(8)13(15,16)17)22-11(21-25-12(22)24)9-10(18-3-4-23)20-26-19-9/h1-2,5,12,23-24H,3-4H2,(H,18,20). The van der Waals surface area contributed by atoms with Crippen molar-refractivity contribution in [3.8, 4) is 0 Å². The van der Waals surface area contributed by atoms with Crippen molar-refractivity contribution >= 4 is 17.3 Å². The molecule has 0 spiro atoms. The van der Waals surface area contributed by atoms with Crippen LogP contribution in [0.15, 0.2) is 28.0 Å². The van der Waals surface area contributed by atoms with Crippen molar-refractivity contribution in [3.63, 3.8) is 0 Å². The maximum Gasteiger partial charge on any atom is 0.419 e. The van der Waals surface area contributed by atoms with Crippen molar-refractivity contribution in [2.75, 3.05) is 23.4 Å². The maximum atomic E-state index is 13.5. The fourth-order valence-corrected chi connectivity index (χ4v) is 2.21. The first-order valence-electron chi connectivity index (χ1n) is 7.08. The van der Waals surface area contributed by atoms with Crippen LogP contribution in [0.4, 0.5) is 29.1 Å². The molecule has 1 aromatic carbocycles. The van der Waals surface area contributed by atoms with E-state index in [1.807, 2.05) is 0 Å². The van der Waals surface area contributed by atoms with Gasteiger partial charge < -0.3 is 20.4 Å². The van der Waals surface area contributed by atoms with Gasteiger partial charge in [-0.2, -0.15) is 13.2 Å². The molecule has 0 saturated heterocycles. The topological polar surface area (TPSA) is 116 Å². The second kappa shape index (κ2) is 6.76. The van der Waals surface area contributed by atoms with Gasteiger partial charge in [-0.25, -0.2) is 9.02 Å². The number of aromatic nitrogens is 2. The number of amidine groups is 1. The molecule has 0 amide bonds. The first-order chi connectivity index (χ1) is 12.3. The van der Waals surface area contributed by atoms with Crippen LogP contribution in [0.25, 0.3) is 0 Å². The van der Waals surface area contributed by atoms with E-state index in [-0.39, 0.29) is 36.2 Å². The first-order valence-corrected chi connectivity index (χ1v) is 7.08. The van der Waals surface area contributed by atoms with Gasteiger partial charge in [0.1, 0.15) is 5.82 Å². The minimum absolute atomic E-state index is 0.0126. The molecule has 2 aromatic rings. The number of halogens is 4. The Morgan fingerprint density at radius 2 is 2.04 bits per heavy atom. The lowest BCUT2D eigenvalue weighted by atomic mass is 10.1. The Balaban J connectivity index is 1.99. The highest BCUT2D eigenvalue weighted by Gasteiger charge is 2.38. The van der Waals surface area contributed by atoms with E-state index in [0.717, 1.165) is 11.0 Å². The molecule has 140 valence electrons. The monoisotopic (exact) mass is 377 g/mol. The van der Waals surface area contributed by atoms with Crippen molar-refractivity contribution in [3.05, 3.63) is 35.3 Å².